The molecule has 0 saturated heterocycles. The number of carbonyl (C=O) groups is 1. The minimum absolute atomic E-state index is 0.0202. The molecular formula is C24H22N6O3. The van der Waals surface area contributed by atoms with Crippen molar-refractivity contribution in [3.05, 3.63) is 75.3 Å². The predicted octanol–water partition coefficient (Wildman–Crippen LogP) is 2.05. The number of amides is 1. The summed E-state index contributed by atoms with van der Waals surface area (Å²) in [6.07, 6.45) is 4.62. The molecule has 0 spiro atoms. The first kappa shape index (κ1) is 20.6. The van der Waals surface area contributed by atoms with Gasteiger partial charge in [-0.1, -0.05) is 18.2 Å². The van der Waals surface area contributed by atoms with Gasteiger partial charge in [-0.05, 0) is 36.2 Å². The summed E-state index contributed by atoms with van der Waals surface area (Å²) in [5.74, 6) is 0.310. The third kappa shape index (κ3) is 4.12. The SMILES string of the molecule is COc1cccc(CCNC(=O)c2nc3cc(C4=C5CC=NC5N=CN4)ccc3c(=O)[nH]2)c1. The van der Waals surface area contributed by atoms with Crippen LogP contribution in [0.2, 0.25) is 0 Å². The van der Waals surface area contributed by atoms with Crippen molar-refractivity contribution in [2.24, 2.45) is 9.98 Å². The monoisotopic (exact) mass is 442 g/mol. The fourth-order valence-corrected chi connectivity index (χ4v) is 3.97. The van der Waals surface area contributed by atoms with Crippen molar-refractivity contribution in [3.63, 3.8) is 0 Å². The molecule has 33 heavy (non-hydrogen) atoms. The van der Waals surface area contributed by atoms with Crippen molar-refractivity contribution in [1.82, 2.24) is 20.6 Å². The average Bonchev–Trinajstić information content (AvgIpc) is 3.33. The second-order valence-corrected chi connectivity index (χ2v) is 7.74. The maximum atomic E-state index is 12.7. The zero-order valence-electron chi connectivity index (χ0n) is 18.0. The molecule has 1 unspecified atom stereocenters. The molecule has 2 aliphatic heterocycles. The van der Waals surface area contributed by atoms with Crippen molar-refractivity contribution in [2.45, 2.75) is 19.0 Å². The number of methoxy groups -OCH3 is 1. The van der Waals surface area contributed by atoms with Gasteiger partial charge in [-0.2, -0.15) is 0 Å². The number of ether oxygens (including phenoxy) is 1. The Labute approximate surface area is 189 Å². The lowest BCUT2D eigenvalue weighted by Gasteiger charge is -2.18. The first-order chi connectivity index (χ1) is 16.1. The zero-order valence-corrected chi connectivity index (χ0v) is 18.0. The maximum absolute atomic E-state index is 12.7. The van der Waals surface area contributed by atoms with E-state index < -0.39 is 5.91 Å². The first-order valence-electron chi connectivity index (χ1n) is 10.6. The van der Waals surface area contributed by atoms with Gasteiger partial charge < -0.3 is 20.4 Å². The van der Waals surface area contributed by atoms with Gasteiger partial charge in [-0.15, -0.1) is 0 Å². The van der Waals surface area contributed by atoms with Gasteiger partial charge >= 0.3 is 0 Å². The van der Waals surface area contributed by atoms with E-state index in [-0.39, 0.29) is 17.5 Å². The molecule has 3 aromatic rings. The van der Waals surface area contributed by atoms with E-state index in [2.05, 4.69) is 30.6 Å². The number of H-pyrrole nitrogens is 1. The van der Waals surface area contributed by atoms with E-state index in [1.807, 2.05) is 42.6 Å². The Morgan fingerprint density at radius 1 is 1.21 bits per heavy atom. The van der Waals surface area contributed by atoms with Crippen LogP contribution in [0.15, 0.2) is 62.8 Å². The number of aromatic nitrogens is 2. The standard InChI is InChI=1S/C24H22N6O3/c1-33-16-4-2-3-14(11-16)7-9-26-24(32)22-29-19-12-15(5-6-17(19)23(31)30-22)20-18-8-10-25-21(18)28-13-27-20/h2-6,10-13,21H,7-9H2,1H3,(H,26,32)(H,27,28)(H,29,30,31). The number of carbonyl (C=O) groups excluding carboxylic acids is 1. The van der Waals surface area contributed by atoms with Crippen LogP contribution in [-0.4, -0.2) is 48.2 Å². The third-order valence-corrected chi connectivity index (χ3v) is 5.66. The van der Waals surface area contributed by atoms with Crippen LogP contribution in [0.4, 0.5) is 0 Å². The molecule has 3 N–H and O–H groups in total. The first-order valence-corrected chi connectivity index (χ1v) is 10.6. The number of hydrogen-bond donors (Lipinski definition) is 3. The van der Waals surface area contributed by atoms with Crippen LogP contribution < -0.4 is 20.9 Å². The van der Waals surface area contributed by atoms with Gasteiger partial charge in [0.25, 0.3) is 11.5 Å². The van der Waals surface area contributed by atoms with Gasteiger partial charge in [0.1, 0.15) is 5.75 Å². The molecule has 5 rings (SSSR count). The van der Waals surface area contributed by atoms with E-state index in [9.17, 15) is 9.59 Å². The summed E-state index contributed by atoms with van der Waals surface area (Å²) in [6.45, 7) is 0.397. The van der Waals surface area contributed by atoms with Crippen LogP contribution in [-0.2, 0) is 6.42 Å². The molecular weight excluding hydrogens is 420 g/mol. The number of benzene rings is 2. The molecule has 9 heteroatoms. The molecule has 0 bridgehead atoms. The molecule has 1 amide bonds. The highest BCUT2D eigenvalue weighted by molar-refractivity contribution is 5.94. The Hall–Kier alpha value is -4.27. The fraction of sp³-hybridized carbons (Fsp3) is 0.208. The van der Waals surface area contributed by atoms with E-state index in [1.54, 1.807) is 19.5 Å². The van der Waals surface area contributed by atoms with Crippen LogP contribution >= 0.6 is 0 Å². The minimum atomic E-state index is -0.434. The van der Waals surface area contributed by atoms with Crippen LogP contribution in [0.3, 0.4) is 0 Å². The lowest BCUT2D eigenvalue weighted by molar-refractivity contribution is 0.0944. The lowest BCUT2D eigenvalue weighted by Crippen LogP contribution is -2.29. The van der Waals surface area contributed by atoms with E-state index in [0.717, 1.165) is 28.1 Å². The van der Waals surface area contributed by atoms with Gasteiger partial charge in [0.2, 0.25) is 0 Å². The number of aliphatic imine (C=N–C) groups is 2. The Kier molecular flexibility index (Phi) is 5.43. The van der Waals surface area contributed by atoms with Gasteiger partial charge in [0, 0.05) is 30.3 Å². The zero-order chi connectivity index (χ0) is 22.8. The molecule has 166 valence electrons. The van der Waals surface area contributed by atoms with Crippen molar-refractivity contribution in [3.8, 4) is 5.75 Å². The topological polar surface area (TPSA) is 121 Å². The molecule has 1 atom stereocenters. The Morgan fingerprint density at radius 2 is 2.12 bits per heavy atom. The van der Waals surface area contributed by atoms with Gasteiger partial charge in [0.15, 0.2) is 12.0 Å². The van der Waals surface area contributed by atoms with E-state index >= 15 is 0 Å². The van der Waals surface area contributed by atoms with Crippen LogP contribution in [0.25, 0.3) is 16.6 Å². The lowest BCUT2D eigenvalue weighted by atomic mass is 10.0. The molecule has 2 aliphatic rings. The molecule has 1 aromatic heterocycles. The highest BCUT2D eigenvalue weighted by atomic mass is 16.5. The van der Waals surface area contributed by atoms with Gasteiger partial charge in [-0.25, -0.2) is 9.98 Å². The number of nitrogens with zero attached hydrogens (tertiary/aromatic N) is 3. The average molecular weight is 442 g/mol. The normalized spacial score (nSPS) is 16.6. The summed E-state index contributed by atoms with van der Waals surface area (Å²) in [6, 6.07) is 13.0. The number of fused-ring (bicyclic) bond motifs is 2. The minimum Gasteiger partial charge on any atom is -0.497 e. The molecule has 9 nitrogen and oxygen atoms in total. The highest BCUT2D eigenvalue weighted by Gasteiger charge is 2.24. The van der Waals surface area contributed by atoms with E-state index in [1.165, 1.54) is 0 Å². The van der Waals surface area contributed by atoms with E-state index in [0.29, 0.717) is 30.3 Å². The second kappa shape index (κ2) is 8.70. The number of aromatic amines is 1. The molecule has 0 aliphatic carbocycles. The number of rotatable bonds is 6. The van der Waals surface area contributed by atoms with Crippen molar-refractivity contribution >= 4 is 35.1 Å². The Balaban J connectivity index is 1.36. The molecule has 0 saturated carbocycles. The van der Waals surface area contributed by atoms with Gasteiger partial charge in [-0.3, -0.25) is 14.6 Å². The van der Waals surface area contributed by atoms with Gasteiger partial charge in [0.05, 0.1) is 30.0 Å². The summed E-state index contributed by atoms with van der Waals surface area (Å²) in [4.78, 5) is 40.9. The molecule has 3 heterocycles. The highest BCUT2D eigenvalue weighted by Crippen LogP contribution is 2.29. The second-order valence-electron chi connectivity index (χ2n) is 7.74. The summed E-state index contributed by atoms with van der Waals surface area (Å²) in [7, 11) is 1.61. The Bertz CT molecular complexity index is 1390. The molecule has 0 fully saturated rings. The predicted molar refractivity (Wildman–Crippen MR) is 127 cm³/mol. The van der Waals surface area contributed by atoms with Crippen molar-refractivity contribution in [2.75, 3.05) is 13.7 Å². The van der Waals surface area contributed by atoms with E-state index in [4.69, 9.17) is 4.74 Å². The van der Waals surface area contributed by atoms with Crippen LogP contribution in [0, 0.1) is 0 Å². The smallest absolute Gasteiger partial charge is 0.287 e. The summed E-state index contributed by atoms with van der Waals surface area (Å²) in [5, 5.41) is 6.42. The fourth-order valence-electron chi connectivity index (χ4n) is 3.97. The van der Waals surface area contributed by atoms with Crippen molar-refractivity contribution in [1.29, 1.82) is 0 Å². The van der Waals surface area contributed by atoms with Crippen molar-refractivity contribution < 1.29 is 9.53 Å². The largest absolute Gasteiger partial charge is 0.497 e. The maximum Gasteiger partial charge on any atom is 0.287 e. The van der Waals surface area contributed by atoms with Crippen LogP contribution in [0.1, 0.15) is 28.2 Å². The number of nitrogens with one attached hydrogen (secondary N) is 3. The molecule has 0 radical (unpaired) electrons. The summed E-state index contributed by atoms with van der Waals surface area (Å²) < 4.78 is 5.22. The number of hydrogen-bond acceptors (Lipinski definition) is 7. The summed E-state index contributed by atoms with van der Waals surface area (Å²) in [5.41, 5.74) is 3.95. The molecule has 2 aromatic carbocycles. The van der Waals surface area contributed by atoms with Crippen LogP contribution in [0.5, 0.6) is 5.75 Å². The quantitative estimate of drug-likeness (QED) is 0.540. The summed E-state index contributed by atoms with van der Waals surface area (Å²) >= 11 is 0. The Morgan fingerprint density at radius 3 is 3.00 bits per heavy atom. The third-order valence-electron chi connectivity index (χ3n) is 5.66.